The maximum atomic E-state index is 15.6. The predicted octanol–water partition coefficient (Wildman–Crippen LogP) is 5.21. The molecule has 2 heterocycles. The zero-order valence-corrected chi connectivity index (χ0v) is 28.0. The van der Waals surface area contributed by atoms with Crippen LogP contribution < -0.4 is 11.1 Å². The highest BCUT2D eigenvalue weighted by atomic mass is 32.2. The van der Waals surface area contributed by atoms with Crippen molar-refractivity contribution in [2.45, 2.75) is 61.4 Å². The van der Waals surface area contributed by atoms with Crippen molar-refractivity contribution in [1.82, 2.24) is 9.21 Å². The number of nitrogens with one attached hydrogen (secondary N) is 1. The molecule has 2 aliphatic heterocycles. The van der Waals surface area contributed by atoms with Gasteiger partial charge in [0.2, 0.25) is 15.9 Å². The lowest BCUT2D eigenvalue weighted by Crippen LogP contribution is -2.46. The van der Waals surface area contributed by atoms with E-state index in [9.17, 15) is 27.5 Å². The van der Waals surface area contributed by atoms with E-state index in [1.165, 1.54) is 45.6 Å². The highest BCUT2D eigenvalue weighted by Gasteiger charge is 2.52. The van der Waals surface area contributed by atoms with Crippen molar-refractivity contribution in [2.75, 3.05) is 38.2 Å². The molecular weight excluding hydrogens is 654 g/mol. The van der Waals surface area contributed by atoms with Crippen molar-refractivity contribution < 1.29 is 36.6 Å². The number of carboxylic acid groups (broad SMARTS) is 1. The highest BCUT2D eigenvalue weighted by Crippen LogP contribution is 2.49. The van der Waals surface area contributed by atoms with Crippen LogP contribution >= 0.6 is 0 Å². The lowest BCUT2D eigenvalue weighted by Gasteiger charge is -2.34. The largest absolute Gasteiger partial charge is 0.465 e. The Labute approximate surface area is 285 Å². The van der Waals surface area contributed by atoms with Gasteiger partial charge < -0.3 is 25.8 Å². The third-order valence-corrected chi connectivity index (χ3v) is 12.2. The zero-order valence-electron chi connectivity index (χ0n) is 27.1. The molecule has 49 heavy (non-hydrogen) atoms. The summed E-state index contributed by atoms with van der Waals surface area (Å²) in [6.07, 6.45) is 1.75. The van der Waals surface area contributed by atoms with Crippen LogP contribution in [0.3, 0.4) is 0 Å². The maximum Gasteiger partial charge on any atom is 0.407 e. The van der Waals surface area contributed by atoms with E-state index in [-0.39, 0.29) is 54.5 Å². The number of ether oxygens (including phenoxy) is 1. The van der Waals surface area contributed by atoms with Crippen molar-refractivity contribution in [1.29, 1.82) is 0 Å². The minimum Gasteiger partial charge on any atom is -0.465 e. The molecule has 2 amide bonds. The Bertz CT molecular complexity index is 1750. The lowest BCUT2D eigenvalue weighted by molar-refractivity contribution is -0.118. The van der Waals surface area contributed by atoms with Crippen molar-refractivity contribution >= 4 is 27.7 Å². The molecule has 13 heteroatoms. The lowest BCUT2D eigenvalue weighted by atomic mass is 9.76. The highest BCUT2D eigenvalue weighted by molar-refractivity contribution is 7.89. The summed E-state index contributed by atoms with van der Waals surface area (Å²) in [7, 11) is -4.02. The van der Waals surface area contributed by atoms with Crippen LogP contribution in [0.2, 0.25) is 0 Å². The number of benzene rings is 3. The summed E-state index contributed by atoms with van der Waals surface area (Å²) in [5.74, 6) is -1.97. The fraction of sp³-hybridized carbons (Fsp3) is 0.444. The van der Waals surface area contributed by atoms with Crippen LogP contribution in [0.15, 0.2) is 77.7 Å². The van der Waals surface area contributed by atoms with E-state index in [0.717, 1.165) is 5.56 Å². The van der Waals surface area contributed by atoms with Gasteiger partial charge in [0.05, 0.1) is 10.9 Å². The Balaban J connectivity index is 1.26. The number of nitrogens with zero attached hydrogens (tertiary/aromatic N) is 2. The molecule has 10 nitrogen and oxygen atoms in total. The second-order valence-electron chi connectivity index (χ2n) is 13.5. The normalized spacial score (nSPS) is 21.1. The number of anilines is 1. The minimum absolute atomic E-state index is 0.00617. The number of hydrogen-bond donors (Lipinski definition) is 3. The molecule has 3 aromatic carbocycles. The molecule has 1 saturated carbocycles. The number of hydrogen-bond acceptors (Lipinski definition) is 6. The number of sulfonamides is 1. The van der Waals surface area contributed by atoms with E-state index in [1.807, 2.05) is 0 Å². The fourth-order valence-electron chi connectivity index (χ4n) is 7.36. The van der Waals surface area contributed by atoms with Gasteiger partial charge in [0.15, 0.2) is 0 Å². The zero-order chi connectivity index (χ0) is 34.8. The molecule has 2 saturated heterocycles. The number of nitrogens with two attached hydrogens (primary N) is 1. The smallest absolute Gasteiger partial charge is 0.407 e. The second kappa shape index (κ2) is 14.5. The van der Waals surface area contributed by atoms with Gasteiger partial charge in [0, 0.05) is 61.5 Å². The number of carbonyl (C=O) groups is 2. The third kappa shape index (κ3) is 7.80. The quantitative estimate of drug-likeness (QED) is 0.264. The van der Waals surface area contributed by atoms with Crippen molar-refractivity contribution in [3.8, 4) is 0 Å². The molecular formula is C36H42F2N4O6S. The molecule has 3 aliphatic rings. The topological polar surface area (TPSA) is 142 Å². The van der Waals surface area contributed by atoms with Gasteiger partial charge in [0.25, 0.3) is 0 Å². The first-order valence-electron chi connectivity index (χ1n) is 16.7. The number of halogens is 2. The van der Waals surface area contributed by atoms with Gasteiger partial charge in [-0.1, -0.05) is 36.4 Å². The Morgan fingerprint density at radius 1 is 0.980 bits per heavy atom. The van der Waals surface area contributed by atoms with Gasteiger partial charge in [0.1, 0.15) is 11.6 Å². The Kier molecular flexibility index (Phi) is 10.4. The monoisotopic (exact) mass is 696 g/mol. The van der Waals surface area contributed by atoms with E-state index in [0.29, 0.717) is 38.9 Å². The summed E-state index contributed by atoms with van der Waals surface area (Å²) in [5, 5.41) is 12.8. The summed E-state index contributed by atoms with van der Waals surface area (Å²) < 4.78 is 64.3. The summed E-state index contributed by atoms with van der Waals surface area (Å²) in [6.45, 7) is 1.34. The van der Waals surface area contributed by atoms with Gasteiger partial charge in [-0.05, 0) is 86.4 Å². The van der Waals surface area contributed by atoms with Gasteiger partial charge in [-0.15, -0.1) is 0 Å². The van der Waals surface area contributed by atoms with Gasteiger partial charge in [-0.2, -0.15) is 4.31 Å². The molecule has 0 aromatic heterocycles. The van der Waals surface area contributed by atoms with Crippen LogP contribution in [-0.4, -0.2) is 79.7 Å². The standard InChI is InChI=1S/C36H42F2N4O6S/c37-26-11-9-24(10-12-26)32(25-15-19-48-20-16-25)33(39)34(43)40-31-8-4-7-30(38)29(31)14-13-27-21-41(35(44)45)22-36(17-18-36)23-42(27)49(46,47)28-5-2-1-3-6-28/h1-12,25,27,32-33H,13-23,39H2,(H,40,43)(H,44,45). The first-order chi connectivity index (χ1) is 23.5. The molecule has 0 bridgehead atoms. The van der Waals surface area contributed by atoms with Crippen LogP contribution in [0.25, 0.3) is 0 Å². The minimum atomic E-state index is -4.02. The molecule has 3 unspecified atom stereocenters. The summed E-state index contributed by atoms with van der Waals surface area (Å²) >= 11 is 0. The maximum absolute atomic E-state index is 15.6. The molecule has 3 aromatic rings. The number of amides is 2. The van der Waals surface area contributed by atoms with Gasteiger partial charge in [-0.25, -0.2) is 22.0 Å². The number of rotatable bonds is 10. The first kappa shape index (κ1) is 34.9. The Morgan fingerprint density at radius 3 is 2.33 bits per heavy atom. The summed E-state index contributed by atoms with van der Waals surface area (Å²) in [4.78, 5) is 27.4. The SMILES string of the molecule is NC(C(=O)Nc1cccc(F)c1CCC1CN(C(=O)O)CC2(CC2)CN1S(=O)(=O)c1ccccc1)C(c1ccc(F)cc1)C1CCOCC1. The van der Waals surface area contributed by atoms with Crippen LogP contribution in [0.5, 0.6) is 0 Å². The van der Waals surface area contributed by atoms with Crippen molar-refractivity contribution in [3.63, 3.8) is 0 Å². The molecule has 3 fully saturated rings. The molecule has 1 spiro atoms. The fourth-order valence-corrected chi connectivity index (χ4v) is 9.14. The molecule has 1 aliphatic carbocycles. The van der Waals surface area contributed by atoms with Crippen molar-refractivity contribution in [3.05, 3.63) is 95.6 Å². The third-order valence-electron chi connectivity index (χ3n) is 10.3. The van der Waals surface area contributed by atoms with E-state index in [2.05, 4.69) is 5.32 Å². The molecule has 3 atom stereocenters. The average Bonchev–Trinajstić information content (AvgIpc) is 3.89. The van der Waals surface area contributed by atoms with E-state index in [1.54, 1.807) is 36.4 Å². The van der Waals surface area contributed by atoms with Crippen LogP contribution in [0.4, 0.5) is 19.3 Å². The average molecular weight is 697 g/mol. The van der Waals surface area contributed by atoms with E-state index >= 15 is 4.39 Å². The second-order valence-corrected chi connectivity index (χ2v) is 15.4. The molecule has 262 valence electrons. The van der Waals surface area contributed by atoms with E-state index < -0.39 is 57.1 Å². The number of carbonyl (C=O) groups excluding carboxylic acids is 1. The van der Waals surface area contributed by atoms with Crippen LogP contribution in [0.1, 0.15) is 49.1 Å². The van der Waals surface area contributed by atoms with E-state index in [4.69, 9.17) is 10.5 Å². The Hall–Kier alpha value is -3.91. The Morgan fingerprint density at radius 2 is 1.67 bits per heavy atom. The van der Waals surface area contributed by atoms with Gasteiger partial charge >= 0.3 is 6.09 Å². The summed E-state index contributed by atoms with van der Waals surface area (Å²) in [6, 6.07) is 16.4. The summed E-state index contributed by atoms with van der Waals surface area (Å²) in [5.41, 5.74) is 7.25. The first-order valence-corrected chi connectivity index (χ1v) is 18.1. The molecule has 4 N–H and O–H groups in total. The predicted molar refractivity (Wildman–Crippen MR) is 179 cm³/mol. The molecule has 0 radical (unpaired) electrons. The molecule has 6 rings (SSSR count). The van der Waals surface area contributed by atoms with Gasteiger partial charge in [-0.3, -0.25) is 4.79 Å². The van der Waals surface area contributed by atoms with Crippen LogP contribution in [0, 0.1) is 23.0 Å². The van der Waals surface area contributed by atoms with Crippen LogP contribution in [-0.2, 0) is 26.0 Å². The van der Waals surface area contributed by atoms with Crippen molar-refractivity contribution in [2.24, 2.45) is 17.1 Å².